The van der Waals surface area contributed by atoms with E-state index < -0.39 is 0 Å². The normalized spacial score (nSPS) is 21.9. The molecule has 0 aliphatic heterocycles. The number of ether oxygens (including phenoxy) is 1. The quantitative estimate of drug-likeness (QED) is 0.808. The zero-order valence-corrected chi connectivity index (χ0v) is 12.9. The van der Waals surface area contributed by atoms with Gasteiger partial charge in [0.15, 0.2) is 0 Å². The van der Waals surface area contributed by atoms with Gasteiger partial charge in [0.2, 0.25) is 5.88 Å². The summed E-state index contributed by atoms with van der Waals surface area (Å²) in [7, 11) is 1.96. The summed E-state index contributed by atoms with van der Waals surface area (Å²) in [6.45, 7) is 6.06. The summed E-state index contributed by atoms with van der Waals surface area (Å²) < 4.78 is 5.97. The van der Waals surface area contributed by atoms with Gasteiger partial charge < -0.3 is 10.1 Å². The molecule has 1 aliphatic rings. The number of aryl methyl sites for hydroxylation is 1. The van der Waals surface area contributed by atoms with Crippen LogP contribution in [0.4, 0.5) is 0 Å². The summed E-state index contributed by atoms with van der Waals surface area (Å²) in [5, 5.41) is 3.18. The van der Waals surface area contributed by atoms with E-state index >= 15 is 0 Å². The third-order valence-corrected chi connectivity index (χ3v) is 4.02. The number of nitrogens with one attached hydrogen (secondary N) is 1. The summed E-state index contributed by atoms with van der Waals surface area (Å²) in [6, 6.07) is 4.20. The Bertz CT molecular complexity index is 456. The van der Waals surface area contributed by atoms with Crippen molar-refractivity contribution in [1.29, 1.82) is 0 Å². The molecule has 0 saturated carbocycles. The van der Waals surface area contributed by atoms with Gasteiger partial charge in [-0.2, -0.15) is 0 Å². The summed E-state index contributed by atoms with van der Waals surface area (Å²) in [5.41, 5.74) is 2.34. The van der Waals surface area contributed by atoms with Crippen LogP contribution < -0.4 is 10.1 Å². The fourth-order valence-corrected chi connectivity index (χ4v) is 2.61. The monoisotopic (exact) mass is 274 g/mol. The van der Waals surface area contributed by atoms with Gasteiger partial charge in [-0.25, -0.2) is 4.98 Å². The number of hydrogen-bond donors (Lipinski definition) is 1. The van der Waals surface area contributed by atoms with E-state index in [1.807, 2.05) is 7.05 Å². The van der Waals surface area contributed by atoms with Gasteiger partial charge >= 0.3 is 0 Å². The SMILES string of the molecule is CCc1cc(CNC)cc(OCC2CC=CCC2C)n1. The van der Waals surface area contributed by atoms with Crippen molar-refractivity contribution in [3.05, 3.63) is 35.5 Å². The Kier molecular flexibility index (Phi) is 5.60. The Morgan fingerprint density at radius 2 is 2.10 bits per heavy atom. The molecule has 1 aromatic rings. The van der Waals surface area contributed by atoms with Crippen molar-refractivity contribution in [3.8, 4) is 5.88 Å². The van der Waals surface area contributed by atoms with Gasteiger partial charge in [-0.3, -0.25) is 0 Å². The maximum Gasteiger partial charge on any atom is 0.213 e. The minimum atomic E-state index is 0.611. The molecule has 2 atom stereocenters. The lowest BCUT2D eigenvalue weighted by Crippen LogP contribution is -2.21. The molecular formula is C17H26N2O. The second-order valence-electron chi connectivity index (χ2n) is 5.68. The summed E-state index contributed by atoms with van der Waals surface area (Å²) in [6.07, 6.45) is 7.79. The van der Waals surface area contributed by atoms with Gasteiger partial charge in [0.05, 0.1) is 6.61 Å². The number of nitrogens with zero attached hydrogens (tertiary/aromatic N) is 1. The van der Waals surface area contributed by atoms with E-state index in [-0.39, 0.29) is 0 Å². The molecule has 110 valence electrons. The second kappa shape index (κ2) is 7.44. The topological polar surface area (TPSA) is 34.1 Å². The fourth-order valence-electron chi connectivity index (χ4n) is 2.61. The summed E-state index contributed by atoms with van der Waals surface area (Å²) in [5.74, 6) is 2.09. The summed E-state index contributed by atoms with van der Waals surface area (Å²) >= 11 is 0. The molecule has 20 heavy (non-hydrogen) atoms. The van der Waals surface area contributed by atoms with Gasteiger partial charge in [0, 0.05) is 18.3 Å². The molecule has 1 aromatic heterocycles. The standard InChI is InChI=1S/C17H26N2O/c1-4-16-9-14(11-18-3)10-17(19-16)20-12-15-8-6-5-7-13(15)2/h5-6,9-10,13,15,18H,4,7-8,11-12H2,1-3H3. The van der Waals surface area contributed by atoms with E-state index in [2.05, 4.69) is 48.4 Å². The van der Waals surface area contributed by atoms with Gasteiger partial charge in [0.25, 0.3) is 0 Å². The molecule has 2 rings (SSSR count). The molecule has 0 amide bonds. The van der Waals surface area contributed by atoms with Crippen LogP contribution in [0.25, 0.3) is 0 Å². The van der Waals surface area contributed by atoms with Crippen LogP contribution >= 0.6 is 0 Å². The van der Waals surface area contributed by atoms with Crippen molar-refractivity contribution in [2.45, 2.75) is 39.7 Å². The Hall–Kier alpha value is -1.35. The van der Waals surface area contributed by atoms with Crippen LogP contribution in [0.2, 0.25) is 0 Å². The number of allylic oxidation sites excluding steroid dienone is 2. The molecular weight excluding hydrogens is 248 g/mol. The average Bonchev–Trinajstić information content (AvgIpc) is 2.46. The number of pyridine rings is 1. The first-order valence-corrected chi connectivity index (χ1v) is 7.65. The number of rotatable bonds is 6. The Balaban J connectivity index is 2.00. The lowest BCUT2D eigenvalue weighted by molar-refractivity contribution is 0.192. The second-order valence-corrected chi connectivity index (χ2v) is 5.68. The largest absolute Gasteiger partial charge is 0.477 e. The molecule has 1 N–H and O–H groups in total. The highest BCUT2D eigenvalue weighted by Crippen LogP contribution is 2.25. The van der Waals surface area contributed by atoms with E-state index in [1.54, 1.807) is 0 Å². The van der Waals surface area contributed by atoms with Crippen molar-refractivity contribution < 1.29 is 4.74 Å². The minimum Gasteiger partial charge on any atom is -0.477 e. The zero-order chi connectivity index (χ0) is 14.4. The first kappa shape index (κ1) is 15.0. The van der Waals surface area contributed by atoms with Crippen molar-refractivity contribution in [2.24, 2.45) is 11.8 Å². The molecule has 3 nitrogen and oxygen atoms in total. The van der Waals surface area contributed by atoms with Crippen molar-refractivity contribution in [2.75, 3.05) is 13.7 Å². The molecule has 0 radical (unpaired) electrons. The lowest BCUT2D eigenvalue weighted by atomic mass is 9.85. The molecule has 1 aliphatic carbocycles. The zero-order valence-electron chi connectivity index (χ0n) is 12.9. The average molecular weight is 274 g/mol. The molecule has 1 heterocycles. The van der Waals surface area contributed by atoms with E-state index in [9.17, 15) is 0 Å². The van der Waals surface area contributed by atoms with Gasteiger partial charge in [-0.1, -0.05) is 26.0 Å². The van der Waals surface area contributed by atoms with Crippen LogP contribution in [0.15, 0.2) is 24.3 Å². The molecule has 0 saturated heterocycles. The maximum absolute atomic E-state index is 5.97. The van der Waals surface area contributed by atoms with Gasteiger partial charge in [0.1, 0.15) is 0 Å². The minimum absolute atomic E-state index is 0.611. The molecule has 0 spiro atoms. The third-order valence-electron chi connectivity index (χ3n) is 4.02. The maximum atomic E-state index is 5.97. The summed E-state index contributed by atoms with van der Waals surface area (Å²) in [4.78, 5) is 4.58. The highest BCUT2D eigenvalue weighted by Gasteiger charge is 2.19. The van der Waals surface area contributed by atoms with Crippen molar-refractivity contribution >= 4 is 0 Å². The highest BCUT2D eigenvalue weighted by atomic mass is 16.5. The molecule has 3 heteroatoms. The van der Waals surface area contributed by atoms with E-state index in [0.29, 0.717) is 11.8 Å². The number of hydrogen-bond acceptors (Lipinski definition) is 3. The van der Waals surface area contributed by atoms with E-state index in [1.165, 1.54) is 12.0 Å². The molecule has 0 aromatic carbocycles. The van der Waals surface area contributed by atoms with Crippen molar-refractivity contribution in [1.82, 2.24) is 10.3 Å². The van der Waals surface area contributed by atoms with Gasteiger partial charge in [-0.05, 0) is 49.8 Å². The predicted molar refractivity (Wildman–Crippen MR) is 82.9 cm³/mol. The molecule has 0 bridgehead atoms. The Morgan fingerprint density at radius 1 is 1.30 bits per heavy atom. The van der Waals surface area contributed by atoms with Crippen LogP contribution in [0.1, 0.15) is 37.9 Å². The first-order valence-electron chi connectivity index (χ1n) is 7.65. The highest BCUT2D eigenvalue weighted by molar-refractivity contribution is 5.25. The van der Waals surface area contributed by atoms with E-state index in [4.69, 9.17) is 4.74 Å². The predicted octanol–water partition coefficient (Wildman–Crippen LogP) is 3.34. The van der Waals surface area contributed by atoms with Crippen molar-refractivity contribution in [3.63, 3.8) is 0 Å². The fraction of sp³-hybridized carbons (Fsp3) is 0.588. The Labute approximate surface area is 122 Å². The third kappa shape index (κ3) is 4.07. The molecule has 2 unspecified atom stereocenters. The van der Waals surface area contributed by atoms with Crippen LogP contribution in [0.3, 0.4) is 0 Å². The van der Waals surface area contributed by atoms with Crippen LogP contribution in [-0.4, -0.2) is 18.6 Å². The van der Waals surface area contributed by atoms with Crippen LogP contribution in [0, 0.1) is 11.8 Å². The van der Waals surface area contributed by atoms with Crippen LogP contribution in [-0.2, 0) is 13.0 Å². The lowest BCUT2D eigenvalue weighted by Gasteiger charge is -2.25. The smallest absolute Gasteiger partial charge is 0.213 e. The van der Waals surface area contributed by atoms with Gasteiger partial charge in [-0.15, -0.1) is 0 Å². The molecule has 0 fully saturated rings. The first-order chi connectivity index (χ1) is 9.72. The van der Waals surface area contributed by atoms with Crippen LogP contribution in [0.5, 0.6) is 5.88 Å². The van der Waals surface area contributed by atoms with E-state index in [0.717, 1.165) is 37.6 Å². The Morgan fingerprint density at radius 3 is 2.80 bits per heavy atom. The number of aromatic nitrogens is 1.